The molecule has 5 nitrogen and oxygen atoms in total. The Morgan fingerprint density at radius 2 is 2.00 bits per heavy atom. The number of aliphatic carboxylic acids is 1. The molecule has 4 N–H and O–H groups in total. The van der Waals surface area contributed by atoms with Crippen molar-refractivity contribution in [3.8, 4) is 0 Å². The molecule has 19 heavy (non-hydrogen) atoms. The van der Waals surface area contributed by atoms with E-state index in [4.69, 9.17) is 0 Å². The zero-order valence-electron chi connectivity index (χ0n) is 10.8. The summed E-state index contributed by atoms with van der Waals surface area (Å²) >= 11 is 1.23. The van der Waals surface area contributed by atoms with Gasteiger partial charge in [-0.1, -0.05) is 19.1 Å². The van der Waals surface area contributed by atoms with Gasteiger partial charge in [0.2, 0.25) is 5.91 Å². The number of quaternary nitrogens is 1. The molecule has 0 heterocycles. The molecule has 1 atom stereocenters. The summed E-state index contributed by atoms with van der Waals surface area (Å²) in [7, 11) is 0. The summed E-state index contributed by atoms with van der Waals surface area (Å²) in [6, 6.07) is 6.84. The normalized spacial score (nSPS) is 11.9. The molecular weight excluding hydrogens is 264 g/mol. The number of carboxylic acid groups (broad SMARTS) is 1. The lowest BCUT2D eigenvalue weighted by Crippen LogP contribution is -2.69. The fourth-order valence-corrected chi connectivity index (χ4v) is 2.18. The highest BCUT2D eigenvalue weighted by Crippen LogP contribution is 2.11. The molecule has 0 fully saturated rings. The van der Waals surface area contributed by atoms with Gasteiger partial charge in [0.1, 0.15) is 6.04 Å². The molecule has 1 rings (SSSR count). The number of hydrogen-bond donors (Lipinski definition) is 2. The number of carbonyl (C=O) groups excluding carboxylic acids is 2. The predicted octanol–water partition coefficient (Wildman–Crippen LogP) is -0.719. The third-order valence-electron chi connectivity index (χ3n) is 2.53. The Morgan fingerprint density at radius 1 is 1.37 bits per heavy atom. The van der Waals surface area contributed by atoms with Crippen LogP contribution in [0.25, 0.3) is 0 Å². The van der Waals surface area contributed by atoms with Crippen molar-refractivity contribution in [2.45, 2.75) is 19.4 Å². The van der Waals surface area contributed by atoms with Crippen molar-refractivity contribution in [3.63, 3.8) is 0 Å². The van der Waals surface area contributed by atoms with E-state index >= 15 is 0 Å². The molecule has 0 aliphatic heterocycles. The van der Waals surface area contributed by atoms with Crippen LogP contribution >= 0.6 is 11.8 Å². The molecule has 1 amide bonds. The van der Waals surface area contributed by atoms with Crippen LogP contribution in [0.1, 0.15) is 12.5 Å². The van der Waals surface area contributed by atoms with Crippen LogP contribution in [0, 0.1) is 0 Å². The number of nitrogens with one attached hydrogen (secondary N) is 1. The zero-order chi connectivity index (χ0) is 14.3. The van der Waals surface area contributed by atoms with Gasteiger partial charge >= 0.3 is 0 Å². The second-order valence-corrected chi connectivity index (χ2v) is 5.16. The summed E-state index contributed by atoms with van der Waals surface area (Å²) in [4.78, 5) is 22.0. The Labute approximate surface area is 116 Å². The van der Waals surface area contributed by atoms with Crippen LogP contribution in [0.4, 0.5) is 5.69 Å². The summed E-state index contributed by atoms with van der Waals surface area (Å²) in [6.07, 6.45) is 0.957. The first-order chi connectivity index (χ1) is 9.02. The van der Waals surface area contributed by atoms with Crippen molar-refractivity contribution in [2.75, 3.05) is 16.8 Å². The number of rotatable bonds is 7. The molecule has 0 spiro atoms. The first-order valence-corrected chi connectivity index (χ1v) is 7.19. The van der Waals surface area contributed by atoms with Crippen LogP contribution in [0.3, 0.4) is 0 Å². The lowest BCUT2D eigenvalue weighted by Gasteiger charge is -2.09. The SMILES string of the molecule is CCc1ccc(NC(=O)CSC[C@@H]([NH3+])C(=O)[O-])cc1. The quantitative estimate of drug-likeness (QED) is 0.690. The van der Waals surface area contributed by atoms with Gasteiger partial charge in [-0.3, -0.25) is 4.79 Å². The average Bonchev–Trinajstić information content (AvgIpc) is 2.39. The van der Waals surface area contributed by atoms with Gasteiger partial charge in [0.25, 0.3) is 0 Å². The van der Waals surface area contributed by atoms with Gasteiger partial charge in [-0.25, -0.2) is 0 Å². The summed E-state index contributed by atoms with van der Waals surface area (Å²) in [5.41, 5.74) is 5.38. The lowest BCUT2D eigenvalue weighted by atomic mass is 10.1. The number of carboxylic acids is 1. The maximum absolute atomic E-state index is 11.6. The minimum atomic E-state index is -1.19. The molecule has 1 aromatic rings. The molecule has 0 aromatic heterocycles. The molecular formula is C13H18N2O3S. The maximum atomic E-state index is 11.6. The third kappa shape index (κ3) is 5.76. The molecule has 0 unspecified atom stereocenters. The summed E-state index contributed by atoms with van der Waals surface area (Å²) < 4.78 is 0. The monoisotopic (exact) mass is 282 g/mol. The predicted molar refractivity (Wildman–Crippen MR) is 73.5 cm³/mol. The Kier molecular flexibility index (Phi) is 6.38. The average molecular weight is 282 g/mol. The molecule has 0 aliphatic rings. The number of aryl methyl sites for hydroxylation is 1. The van der Waals surface area contributed by atoms with Gasteiger partial charge in [-0.2, -0.15) is 0 Å². The van der Waals surface area contributed by atoms with Crippen molar-refractivity contribution in [1.29, 1.82) is 0 Å². The molecule has 1 aromatic carbocycles. The number of thioether (sulfide) groups is 1. The molecule has 0 saturated heterocycles. The van der Waals surface area contributed by atoms with E-state index in [1.807, 2.05) is 24.3 Å². The summed E-state index contributed by atoms with van der Waals surface area (Å²) in [5, 5.41) is 13.2. The van der Waals surface area contributed by atoms with Gasteiger partial charge in [-0.05, 0) is 24.1 Å². The minimum Gasteiger partial charge on any atom is -0.544 e. The van der Waals surface area contributed by atoms with Crippen molar-refractivity contribution >= 4 is 29.3 Å². The number of carbonyl (C=O) groups is 2. The number of amides is 1. The van der Waals surface area contributed by atoms with Gasteiger partial charge < -0.3 is 21.0 Å². The largest absolute Gasteiger partial charge is 0.544 e. The minimum absolute atomic E-state index is 0.153. The molecule has 0 radical (unpaired) electrons. The first-order valence-electron chi connectivity index (χ1n) is 6.03. The first kappa shape index (κ1) is 15.5. The number of anilines is 1. The van der Waals surface area contributed by atoms with Gasteiger partial charge in [-0.15, -0.1) is 11.8 Å². The van der Waals surface area contributed by atoms with Crippen molar-refractivity contribution in [3.05, 3.63) is 29.8 Å². The number of benzene rings is 1. The van der Waals surface area contributed by atoms with Crippen molar-refractivity contribution in [2.24, 2.45) is 0 Å². The van der Waals surface area contributed by atoms with E-state index in [-0.39, 0.29) is 17.4 Å². The van der Waals surface area contributed by atoms with Crippen molar-refractivity contribution in [1.82, 2.24) is 0 Å². The van der Waals surface area contributed by atoms with Gasteiger partial charge in [0.05, 0.1) is 17.5 Å². The molecule has 0 aliphatic carbocycles. The van der Waals surface area contributed by atoms with Crippen LogP contribution in [0.2, 0.25) is 0 Å². The van der Waals surface area contributed by atoms with Gasteiger partial charge in [0, 0.05) is 5.69 Å². The van der Waals surface area contributed by atoms with E-state index in [9.17, 15) is 14.7 Å². The second-order valence-electron chi connectivity index (χ2n) is 4.13. The Balaban J connectivity index is 2.32. The fraction of sp³-hybridized carbons (Fsp3) is 0.385. The summed E-state index contributed by atoms with van der Waals surface area (Å²) in [5.74, 6) is -0.873. The van der Waals surface area contributed by atoms with Crippen LogP contribution in [0.15, 0.2) is 24.3 Å². The lowest BCUT2D eigenvalue weighted by molar-refractivity contribution is -0.431. The Hall–Kier alpha value is -1.53. The smallest absolute Gasteiger partial charge is 0.234 e. The second kappa shape index (κ2) is 7.81. The van der Waals surface area contributed by atoms with E-state index < -0.39 is 12.0 Å². The topological polar surface area (TPSA) is 96.9 Å². The molecule has 0 saturated carbocycles. The van der Waals surface area contributed by atoms with E-state index in [2.05, 4.69) is 18.0 Å². The van der Waals surface area contributed by atoms with Crippen molar-refractivity contribution < 1.29 is 20.4 Å². The zero-order valence-corrected chi connectivity index (χ0v) is 11.7. The van der Waals surface area contributed by atoms with E-state index in [1.165, 1.54) is 17.3 Å². The Bertz CT molecular complexity index is 434. The molecule has 104 valence electrons. The van der Waals surface area contributed by atoms with E-state index in [0.717, 1.165) is 12.1 Å². The van der Waals surface area contributed by atoms with E-state index in [1.54, 1.807) is 0 Å². The standard InChI is InChI=1S/C13H18N2O3S/c1-2-9-3-5-10(6-4-9)15-12(16)8-19-7-11(14)13(17)18/h3-6,11H,2,7-8,14H2,1H3,(H,15,16)(H,17,18)/t11-/m1/s1. The highest BCUT2D eigenvalue weighted by atomic mass is 32.2. The van der Waals surface area contributed by atoms with Crippen LogP contribution in [-0.4, -0.2) is 29.4 Å². The Morgan fingerprint density at radius 3 is 2.53 bits per heavy atom. The highest BCUT2D eigenvalue weighted by Gasteiger charge is 2.09. The number of hydrogen-bond acceptors (Lipinski definition) is 4. The van der Waals surface area contributed by atoms with Crippen LogP contribution in [0.5, 0.6) is 0 Å². The van der Waals surface area contributed by atoms with Crippen LogP contribution < -0.4 is 16.2 Å². The summed E-state index contributed by atoms with van der Waals surface area (Å²) in [6.45, 7) is 2.07. The third-order valence-corrected chi connectivity index (χ3v) is 3.64. The van der Waals surface area contributed by atoms with Crippen LogP contribution in [-0.2, 0) is 16.0 Å². The molecule has 0 bridgehead atoms. The van der Waals surface area contributed by atoms with E-state index in [0.29, 0.717) is 0 Å². The maximum Gasteiger partial charge on any atom is 0.234 e. The fourth-order valence-electron chi connectivity index (χ4n) is 1.38. The molecule has 6 heteroatoms. The van der Waals surface area contributed by atoms with Gasteiger partial charge in [0.15, 0.2) is 0 Å². The highest BCUT2D eigenvalue weighted by molar-refractivity contribution is 8.00.